The summed E-state index contributed by atoms with van der Waals surface area (Å²) in [6.45, 7) is 2.35. The average Bonchev–Trinajstić information content (AvgIpc) is 2.55. The number of carbonyl (C=O) groups excluding carboxylic acids is 1. The predicted molar refractivity (Wildman–Crippen MR) is 85.9 cm³/mol. The van der Waals surface area contributed by atoms with E-state index in [9.17, 15) is 4.79 Å². The number of nitrogens with zero attached hydrogens (tertiary/aromatic N) is 3. The van der Waals surface area contributed by atoms with Gasteiger partial charge in [-0.1, -0.05) is 12.1 Å². The number of carbonyl (C=O) groups is 1. The summed E-state index contributed by atoms with van der Waals surface area (Å²) in [5.41, 5.74) is 2.47. The van der Waals surface area contributed by atoms with E-state index in [1.54, 1.807) is 18.1 Å². The van der Waals surface area contributed by atoms with Crippen LogP contribution in [0.25, 0.3) is 11.0 Å². The fourth-order valence-electron chi connectivity index (χ4n) is 2.36. The number of likely N-dealkylation sites (N-methyl/N-ethyl adjacent to an activating group) is 1. The number of morpholine rings is 1. The van der Waals surface area contributed by atoms with Crippen molar-refractivity contribution < 1.29 is 9.53 Å². The second kappa shape index (κ2) is 7.49. The van der Waals surface area contributed by atoms with Gasteiger partial charge in [-0.05, 0) is 12.1 Å². The molecule has 1 aromatic heterocycles. The maximum Gasteiger partial charge on any atom is 0.253 e. The van der Waals surface area contributed by atoms with Gasteiger partial charge in [0.05, 0.1) is 36.1 Å². The summed E-state index contributed by atoms with van der Waals surface area (Å²) in [5.74, 6) is -0.0304. The molecule has 1 N–H and O–H groups in total. The number of amides is 1. The van der Waals surface area contributed by atoms with Crippen molar-refractivity contribution >= 4 is 29.3 Å². The Morgan fingerprint density at radius 3 is 2.91 bits per heavy atom. The van der Waals surface area contributed by atoms with Gasteiger partial charge in [0.2, 0.25) is 0 Å². The highest BCUT2D eigenvalue weighted by molar-refractivity contribution is 5.85. The van der Waals surface area contributed by atoms with Crippen molar-refractivity contribution in [3.63, 3.8) is 0 Å². The quantitative estimate of drug-likeness (QED) is 0.913. The lowest BCUT2D eigenvalue weighted by atomic mass is 10.2. The molecule has 0 bridgehead atoms. The summed E-state index contributed by atoms with van der Waals surface area (Å²) < 4.78 is 5.48. The maximum absolute atomic E-state index is 12.3. The van der Waals surface area contributed by atoms with Crippen LogP contribution in [-0.2, 0) is 16.1 Å². The molecule has 0 aliphatic carbocycles. The van der Waals surface area contributed by atoms with Gasteiger partial charge in [0.25, 0.3) is 5.91 Å². The molecule has 3 rings (SSSR count). The molecular weight excluding hydrogens is 304 g/mol. The van der Waals surface area contributed by atoms with Crippen molar-refractivity contribution in [2.24, 2.45) is 0 Å². The molecule has 22 heavy (non-hydrogen) atoms. The summed E-state index contributed by atoms with van der Waals surface area (Å²) in [4.78, 5) is 22.8. The molecule has 1 atom stereocenters. The molecule has 7 heteroatoms. The Hall–Kier alpha value is -1.76. The van der Waals surface area contributed by atoms with E-state index < -0.39 is 6.10 Å². The monoisotopic (exact) mass is 322 g/mol. The molecule has 1 saturated heterocycles. The molecule has 6 nitrogen and oxygen atoms in total. The topological polar surface area (TPSA) is 67.4 Å². The van der Waals surface area contributed by atoms with Crippen molar-refractivity contribution in [3.8, 4) is 0 Å². The van der Waals surface area contributed by atoms with E-state index in [2.05, 4.69) is 15.3 Å². The number of ether oxygens (including phenoxy) is 1. The second-order valence-electron chi connectivity index (χ2n) is 5.11. The van der Waals surface area contributed by atoms with Gasteiger partial charge in [-0.2, -0.15) is 0 Å². The van der Waals surface area contributed by atoms with Crippen LogP contribution in [0.2, 0.25) is 0 Å². The third-order valence-electron chi connectivity index (χ3n) is 3.48. The predicted octanol–water partition coefficient (Wildman–Crippen LogP) is 0.998. The Morgan fingerprint density at radius 2 is 2.18 bits per heavy atom. The minimum Gasteiger partial charge on any atom is -0.366 e. The van der Waals surface area contributed by atoms with Crippen molar-refractivity contribution in [2.75, 3.05) is 26.7 Å². The lowest BCUT2D eigenvalue weighted by Gasteiger charge is -2.27. The summed E-state index contributed by atoms with van der Waals surface area (Å²) >= 11 is 0. The molecule has 1 aromatic carbocycles. The Bertz CT molecular complexity index is 646. The fourth-order valence-corrected chi connectivity index (χ4v) is 2.36. The van der Waals surface area contributed by atoms with Crippen LogP contribution < -0.4 is 5.32 Å². The number of benzene rings is 1. The van der Waals surface area contributed by atoms with E-state index in [0.29, 0.717) is 19.7 Å². The molecule has 2 aromatic rings. The summed E-state index contributed by atoms with van der Waals surface area (Å²) in [6.07, 6.45) is 1.31. The molecule has 0 spiro atoms. The normalized spacial score (nSPS) is 17.8. The van der Waals surface area contributed by atoms with E-state index in [1.807, 2.05) is 24.3 Å². The van der Waals surface area contributed by atoms with Gasteiger partial charge in [-0.3, -0.25) is 9.78 Å². The standard InChI is InChI=1S/C15H18N4O2.ClH/c1-19(15(20)14-9-16-6-7-21-14)10-11-8-17-12-4-2-3-5-13(12)18-11;/h2-5,8,14,16H,6-7,9-10H2,1H3;1H. The van der Waals surface area contributed by atoms with Gasteiger partial charge >= 0.3 is 0 Å². The molecular formula is C15H19ClN4O2. The van der Waals surface area contributed by atoms with Gasteiger partial charge < -0.3 is 15.0 Å². The minimum atomic E-state index is -0.405. The zero-order valence-corrected chi connectivity index (χ0v) is 13.2. The molecule has 1 amide bonds. The van der Waals surface area contributed by atoms with Crippen LogP contribution in [0.3, 0.4) is 0 Å². The summed E-state index contributed by atoms with van der Waals surface area (Å²) in [5, 5.41) is 3.16. The number of rotatable bonds is 3. The van der Waals surface area contributed by atoms with Gasteiger partial charge in [0.1, 0.15) is 6.10 Å². The van der Waals surface area contributed by atoms with E-state index in [0.717, 1.165) is 23.3 Å². The van der Waals surface area contributed by atoms with Crippen LogP contribution in [0.5, 0.6) is 0 Å². The van der Waals surface area contributed by atoms with Gasteiger partial charge in [-0.25, -0.2) is 4.98 Å². The smallest absolute Gasteiger partial charge is 0.253 e. The van der Waals surface area contributed by atoms with Crippen LogP contribution in [0.1, 0.15) is 5.69 Å². The Morgan fingerprint density at radius 1 is 1.41 bits per heavy atom. The number of fused-ring (bicyclic) bond motifs is 1. The van der Waals surface area contributed by atoms with Crippen molar-refractivity contribution in [2.45, 2.75) is 12.6 Å². The van der Waals surface area contributed by atoms with Crippen molar-refractivity contribution in [3.05, 3.63) is 36.2 Å². The highest BCUT2D eigenvalue weighted by Gasteiger charge is 2.25. The van der Waals surface area contributed by atoms with Crippen molar-refractivity contribution in [1.29, 1.82) is 0 Å². The first-order chi connectivity index (χ1) is 10.2. The lowest BCUT2D eigenvalue weighted by Crippen LogP contribution is -2.48. The third-order valence-corrected chi connectivity index (χ3v) is 3.48. The van der Waals surface area contributed by atoms with Crippen LogP contribution >= 0.6 is 12.4 Å². The van der Waals surface area contributed by atoms with Crippen LogP contribution in [-0.4, -0.2) is 53.6 Å². The van der Waals surface area contributed by atoms with E-state index >= 15 is 0 Å². The Kier molecular flexibility index (Phi) is 5.65. The molecule has 0 saturated carbocycles. The molecule has 1 aliphatic heterocycles. The molecule has 1 unspecified atom stereocenters. The van der Waals surface area contributed by atoms with E-state index in [1.165, 1.54) is 0 Å². The van der Waals surface area contributed by atoms with E-state index in [-0.39, 0.29) is 18.3 Å². The third kappa shape index (κ3) is 3.71. The first-order valence-electron chi connectivity index (χ1n) is 7.02. The number of hydrogen-bond acceptors (Lipinski definition) is 5. The summed E-state index contributed by atoms with van der Waals surface area (Å²) in [6, 6.07) is 7.70. The minimum absolute atomic E-state index is 0. The van der Waals surface area contributed by atoms with Crippen LogP contribution in [0.15, 0.2) is 30.5 Å². The molecule has 0 radical (unpaired) electrons. The zero-order valence-electron chi connectivity index (χ0n) is 12.4. The SMILES string of the molecule is CN(Cc1cnc2ccccc2n1)C(=O)C1CNCCO1.Cl. The van der Waals surface area contributed by atoms with Gasteiger partial charge in [-0.15, -0.1) is 12.4 Å². The van der Waals surface area contributed by atoms with E-state index in [4.69, 9.17) is 4.74 Å². The second-order valence-corrected chi connectivity index (χ2v) is 5.11. The number of nitrogens with one attached hydrogen (secondary N) is 1. The molecule has 118 valence electrons. The Labute approximate surface area is 135 Å². The summed E-state index contributed by atoms with van der Waals surface area (Å²) in [7, 11) is 1.76. The molecule has 2 heterocycles. The number of halogens is 1. The first kappa shape index (κ1) is 16.6. The van der Waals surface area contributed by atoms with Crippen molar-refractivity contribution in [1.82, 2.24) is 20.2 Å². The zero-order chi connectivity index (χ0) is 14.7. The molecule has 1 fully saturated rings. The first-order valence-corrected chi connectivity index (χ1v) is 7.02. The highest BCUT2D eigenvalue weighted by Crippen LogP contribution is 2.10. The Balaban J connectivity index is 0.00000176. The average molecular weight is 323 g/mol. The van der Waals surface area contributed by atoms with Gasteiger partial charge in [0.15, 0.2) is 0 Å². The maximum atomic E-state index is 12.3. The number of aromatic nitrogens is 2. The van der Waals surface area contributed by atoms with Gasteiger partial charge in [0, 0.05) is 20.1 Å². The lowest BCUT2D eigenvalue weighted by molar-refractivity contribution is -0.144. The highest BCUT2D eigenvalue weighted by atomic mass is 35.5. The number of para-hydroxylation sites is 2. The number of hydrogen-bond donors (Lipinski definition) is 1. The fraction of sp³-hybridized carbons (Fsp3) is 0.400. The van der Waals surface area contributed by atoms with Crippen LogP contribution in [0, 0.1) is 0 Å². The van der Waals surface area contributed by atoms with Crippen LogP contribution in [0.4, 0.5) is 0 Å². The molecule has 1 aliphatic rings. The largest absolute Gasteiger partial charge is 0.366 e.